The number of hydrogen-bond acceptors (Lipinski definition) is 3. The highest BCUT2D eigenvalue weighted by molar-refractivity contribution is 6.32. The summed E-state index contributed by atoms with van der Waals surface area (Å²) in [6.07, 6.45) is 0.0548. The zero-order valence-electron chi connectivity index (χ0n) is 8.78. The van der Waals surface area contributed by atoms with Crippen LogP contribution in [0.15, 0.2) is 18.2 Å². The van der Waals surface area contributed by atoms with Crippen LogP contribution in [0.25, 0.3) is 0 Å². The maximum atomic E-state index is 12.7. The van der Waals surface area contributed by atoms with Gasteiger partial charge < -0.3 is 9.84 Å². The van der Waals surface area contributed by atoms with Crippen LogP contribution < -0.4 is 4.74 Å². The van der Waals surface area contributed by atoms with E-state index in [1.807, 2.05) is 0 Å². The Hall–Kier alpha value is -1.62. The number of benzene rings is 1. The van der Waals surface area contributed by atoms with Gasteiger partial charge in [0, 0.05) is 12.8 Å². The predicted molar refractivity (Wildman–Crippen MR) is 58.5 cm³/mol. The van der Waals surface area contributed by atoms with Gasteiger partial charge in [-0.25, -0.2) is 4.39 Å². The van der Waals surface area contributed by atoms with Gasteiger partial charge in [-0.1, -0.05) is 11.6 Å². The monoisotopic (exact) mass is 260 g/mol. The van der Waals surface area contributed by atoms with Crippen molar-refractivity contribution >= 4 is 23.5 Å². The van der Waals surface area contributed by atoms with E-state index in [2.05, 4.69) is 0 Å². The molecular formula is C11H10ClFO4. The topological polar surface area (TPSA) is 63.6 Å². The molecule has 0 amide bonds. The van der Waals surface area contributed by atoms with Crippen LogP contribution in [0.3, 0.4) is 0 Å². The van der Waals surface area contributed by atoms with Gasteiger partial charge in [0.2, 0.25) is 0 Å². The molecule has 0 saturated carbocycles. The molecule has 1 aromatic carbocycles. The van der Waals surface area contributed by atoms with E-state index < -0.39 is 17.8 Å². The van der Waals surface area contributed by atoms with Crippen molar-refractivity contribution < 1.29 is 23.8 Å². The molecule has 17 heavy (non-hydrogen) atoms. The van der Waals surface area contributed by atoms with Crippen molar-refractivity contribution in [2.45, 2.75) is 19.3 Å². The lowest BCUT2D eigenvalue weighted by molar-refractivity contribution is -0.137. The zero-order chi connectivity index (χ0) is 12.8. The van der Waals surface area contributed by atoms with Crippen LogP contribution >= 0.6 is 11.6 Å². The van der Waals surface area contributed by atoms with E-state index in [1.165, 1.54) is 6.07 Å². The summed E-state index contributed by atoms with van der Waals surface area (Å²) in [4.78, 5) is 21.5. The minimum absolute atomic E-state index is 0.00316. The fraction of sp³-hybridized carbons (Fsp3) is 0.273. The molecule has 0 fully saturated rings. The average Bonchev–Trinajstić information content (AvgIpc) is 2.21. The van der Waals surface area contributed by atoms with Crippen LogP contribution in [0.4, 0.5) is 4.39 Å². The van der Waals surface area contributed by atoms with Gasteiger partial charge >= 0.3 is 11.9 Å². The number of ether oxygens (including phenoxy) is 1. The Kier molecular flexibility index (Phi) is 4.90. The van der Waals surface area contributed by atoms with Gasteiger partial charge in [0.15, 0.2) is 0 Å². The molecule has 0 unspecified atom stereocenters. The lowest BCUT2D eigenvalue weighted by Crippen LogP contribution is -2.09. The number of carbonyl (C=O) groups is 2. The molecule has 6 heteroatoms. The Labute approximate surface area is 102 Å². The molecule has 1 N–H and O–H groups in total. The molecule has 1 rings (SSSR count). The Morgan fingerprint density at radius 2 is 2.06 bits per heavy atom. The van der Waals surface area contributed by atoms with Crippen LogP contribution in [-0.2, 0) is 9.59 Å². The summed E-state index contributed by atoms with van der Waals surface area (Å²) in [6.45, 7) is 0. The fourth-order valence-electron chi connectivity index (χ4n) is 1.12. The van der Waals surface area contributed by atoms with Gasteiger partial charge in [-0.05, 0) is 24.6 Å². The molecule has 0 aliphatic carbocycles. The standard InChI is InChI=1S/C11H10ClFO4/c12-8-6-7(13)4-5-9(8)17-11(16)3-1-2-10(14)15/h4-6H,1-3H2,(H,14,15). The van der Waals surface area contributed by atoms with Crippen LogP contribution in [-0.4, -0.2) is 17.0 Å². The van der Waals surface area contributed by atoms with Crippen molar-refractivity contribution in [1.82, 2.24) is 0 Å². The summed E-state index contributed by atoms with van der Waals surface area (Å²) in [5, 5.41) is 8.37. The van der Waals surface area contributed by atoms with Crippen LogP contribution in [0.2, 0.25) is 5.02 Å². The normalized spacial score (nSPS) is 10.0. The molecule has 4 nitrogen and oxygen atoms in total. The molecule has 1 aromatic rings. The SMILES string of the molecule is O=C(O)CCCC(=O)Oc1ccc(F)cc1Cl. The molecular weight excluding hydrogens is 251 g/mol. The molecule has 0 bridgehead atoms. The summed E-state index contributed by atoms with van der Waals surface area (Å²) in [5.74, 6) is -2.04. The summed E-state index contributed by atoms with van der Waals surface area (Å²) >= 11 is 5.65. The number of esters is 1. The van der Waals surface area contributed by atoms with E-state index in [0.29, 0.717) is 0 Å². The second kappa shape index (κ2) is 6.20. The molecule has 0 aliphatic heterocycles. The lowest BCUT2D eigenvalue weighted by Gasteiger charge is -2.05. The third-order valence-corrected chi connectivity index (χ3v) is 2.18. The third kappa shape index (κ3) is 4.82. The molecule has 0 aromatic heterocycles. The van der Waals surface area contributed by atoms with Gasteiger partial charge in [-0.3, -0.25) is 9.59 Å². The average molecular weight is 261 g/mol. The predicted octanol–water partition coefficient (Wildman–Crippen LogP) is 2.64. The molecule has 0 atom stereocenters. The summed E-state index contributed by atoms with van der Waals surface area (Å²) in [5.41, 5.74) is 0. The minimum atomic E-state index is -0.974. The van der Waals surface area contributed by atoms with E-state index in [-0.39, 0.29) is 30.0 Å². The summed E-state index contributed by atoms with van der Waals surface area (Å²) < 4.78 is 17.5. The molecule has 0 aliphatic rings. The van der Waals surface area contributed by atoms with E-state index in [0.717, 1.165) is 12.1 Å². The number of rotatable bonds is 5. The maximum Gasteiger partial charge on any atom is 0.311 e. The van der Waals surface area contributed by atoms with E-state index in [4.69, 9.17) is 21.4 Å². The third-order valence-electron chi connectivity index (χ3n) is 1.89. The van der Waals surface area contributed by atoms with E-state index in [9.17, 15) is 14.0 Å². The van der Waals surface area contributed by atoms with Crippen molar-refractivity contribution in [2.75, 3.05) is 0 Å². The highest BCUT2D eigenvalue weighted by atomic mass is 35.5. The second-order valence-corrected chi connectivity index (χ2v) is 3.70. The Morgan fingerprint density at radius 1 is 1.35 bits per heavy atom. The largest absolute Gasteiger partial charge is 0.481 e. The first-order chi connectivity index (χ1) is 7.99. The van der Waals surface area contributed by atoms with Gasteiger partial charge in [0.05, 0.1) is 5.02 Å². The number of aliphatic carboxylic acids is 1. The molecule has 92 valence electrons. The number of halogens is 2. The van der Waals surface area contributed by atoms with Crippen LogP contribution in [0.5, 0.6) is 5.75 Å². The van der Waals surface area contributed by atoms with Crippen LogP contribution in [0.1, 0.15) is 19.3 Å². The van der Waals surface area contributed by atoms with Crippen LogP contribution in [0, 0.1) is 5.82 Å². The summed E-state index contributed by atoms with van der Waals surface area (Å²) in [7, 11) is 0. The number of carboxylic acids is 1. The first-order valence-corrected chi connectivity index (χ1v) is 5.24. The van der Waals surface area contributed by atoms with Crippen molar-refractivity contribution in [2.24, 2.45) is 0 Å². The van der Waals surface area contributed by atoms with Gasteiger partial charge in [-0.15, -0.1) is 0 Å². The maximum absolute atomic E-state index is 12.7. The van der Waals surface area contributed by atoms with Gasteiger partial charge in [-0.2, -0.15) is 0 Å². The molecule has 0 heterocycles. The van der Waals surface area contributed by atoms with Crippen molar-refractivity contribution in [3.63, 3.8) is 0 Å². The lowest BCUT2D eigenvalue weighted by atomic mass is 10.2. The highest BCUT2D eigenvalue weighted by Gasteiger charge is 2.09. The van der Waals surface area contributed by atoms with Gasteiger partial charge in [0.1, 0.15) is 11.6 Å². The second-order valence-electron chi connectivity index (χ2n) is 3.30. The minimum Gasteiger partial charge on any atom is -0.481 e. The Bertz CT molecular complexity index is 433. The molecule has 0 spiro atoms. The number of carboxylic acid groups (broad SMARTS) is 1. The number of hydrogen-bond donors (Lipinski definition) is 1. The quantitative estimate of drug-likeness (QED) is 0.653. The first kappa shape index (κ1) is 13.4. The van der Waals surface area contributed by atoms with Crippen molar-refractivity contribution in [3.8, 4) is 5.75 Å². The first-order valence-electron chi connectivity index (χ1n) is 4.86. The zero-order valence-corrected chi connectivity index (χ0v) is 9.54. The van der Waals surface area contributed by atoms with E-state index >= 15 is 0 Å². The summed E-state index contributed by atoms with van der Waals surface area (Å²) in [6, 6.07) is 3.39. The van der Waals surface area contributed by atoms with Crippen molar-refractivity contribution in [3.05, 3.63) is 29.0 Å². The number of carbonyl (C=O) groups excluding carboxylic acids is 1. The highest BCUT2D eigenvalue weighted by Crippen LogP contribution is 2.25. The Morgan fingerprint density at radius 3 is 2.65 bits per heavy atom. The van der Waals surface area contributed by atoms with Gasteiger partial charge in [0.25, 0.3) is 0 Å². The van der Waals surface area contributed by atoms with E-state index in [1.54, 1.807) is 0 Å². The smallest absolute Gasteiger partial charge is 0.311 e. The Balaban J connectivity index is 2.48. The fourth-order valence-corrected chi connectivity index (χ4v) is 1.32. The molecule has 0 saturated heterocycles. The van der Waals surface area contributed by atoms with Crippen molar-refractivity contribution in [1.29, 1.82) is 0 Å². The molecule has 0 radical (unpaired) electrons.